The molecule has 2 N–H and O–H groups in total. The molecule has 1 rings (SSSR count). The number of hydrogen-bond acceptors (Lipinski definition) is 4. The van der Waals surface area contributed by atoms with Gasteiger partial charge in [0.25, 0.3) is 0 Å². The number of rotatable bonds is 4. The number of aromatic nitrogens is 2. The van der Waals surface area contributed by atoms with Gasteiger partial charge in [0.15, 0.2) is 5.11 Å². The number of thiocarbonyl (C=S) groups is 1. The van der Waals surface area contributed by atoms with Crippen molar-refractivity contribution < 1.29 is 4.74 Å². The summed E-state index contributed by atoms with van der Waals surface area (Å²) in [5.41, 5.74) is 0. The number of ether oxygens (including phenoxy) is 1. The van der Waals surface area contributed by atoms with E-state index in [-0.39, 0.29) is 0 Å². The first-order valence-electron chi connectivity index (χ1n) is 5.09. The Morgan fingerprint density at radius 3 is 2.94 bits per heavy atom. The number of nitrogens with zero attached hydrogens (tertiary/aromatic N) is 2. The summed E-state index contributed by atoms with van der Waals surface area (Å²) in [4.78, 5) is 7.94. The summed E-state index contributed by atoms with van der Waals surface area (Å²) in [6.45, 7) is 4.16. The maximum absolute atomic E-state index is 5.13. The zero-order chi connectivity index (χ0) is 12.0. The molecule has 1 heterocycles. The van der Waals surface area contributed by atoms with Crippen LogP contribution in [0.25, 0.3) is 0 Å². The van der Waals surface area contributed by atoms with E-state index in [0.29, 0.717) is 22.9 Å². The Hall–Kier alpha value is -1.43. The van der Waals surface area contributed by atoms with Gasteiger partial charge in [-0.25, -0.2) is 9.97 Å². The maximum Gasteiger partial charge on any atom is 0.218 e. The molecule has 88 valence electrons. The van der Waals surface area contributed by atoms with Gasteiger partial charge in [-0.05, 0) is 25.6 Å². The second-order valence-electron chi connectivity index (χ2n) is 3.35. The highest BCUT2D eigenvalue weighted by Crippen LogP contribution is 2.09. The summed E-state index contributed by atoms with van der Waals surface area (Å²) >= 11 is 5.13. The monoisotopic (exact) mass is 240 g/mol. The lowest BCUT2D eigenvalue weighted by atomic mass is 10.3. The van der Waals surface area contributed by atoms with Crippen molar-refractivity contribution in [1.82, 2.24) is 15.3 Å². The molecule has 5 nitrogen and oxygen atoms in total. The Balaban J connectivity index is 2.55. The van der Waals surface area contributed by atoms with Crippen LogP contribution in [0.3, 0.4) is 0 Å². The van der Waals surface area contributed by atoms with E-state index < -0.39 is 0 Å². The van der Waals surface area contributed by atoms with Crippen LogP contribution >= 0.6 is 12.2 Å². The molecule has 1 atom stereocenters. The third kappa shape index (κ3) is 3.98. The molecule has 0 spiro atoms. The predicted molar refractivity (Wildman–Crippen MR) is 67.7 cm³/mol. The Morgan fingerprint density at radius 2 is 2.31 bits per heavy atom. The molecule has 16 heavy (non-hydrogen) atoms. The highest BCUT2D eigenvalue weighted by molar-refractivity contribution is 7.80. The third-order valence-electron chi connectivity index (χ3n) is 2.08. The van der Waals surface area contributed by atoms with Crippen LogP contribution in [0.1, 0.15) is 20.3 Å². The van der Waals surface area contributed by atoms with Crippen LogP contribution in [0.15, 0.2) is 12.4 Å². The van der Waals surface area contributed by atoms with Crippen molar-refractivity contribution in [2.45, 2.75) is 26.3 Å². The largest absolute Gasteiger partial charge is 0.481 e. The molecule has 6 heteroatoms. The van der Waals surface area contributed by atoms with Crippen LogP contribution in [-0.4, -0.2) is 28.2 Å². The molecule has 0 radical (unpaired) electrons. The lowest BCUT2D eigenvalue weighted by Crippen LogP contribution is -2.35. The number of nitrogens with one attached hydrogen (secondary N) is 2. The molecule has 0 aliphatic carbocycles. The Bertz CT molecular complexity index is 358. The van der Waals surface area contributed by atoms with Crippen molar-refractivity contribution in [3.63, 3.8) is 0 Å². The molecule has 1 aromatic heterocycles. The van der Waals surface area contributed by atoms with E-state index in [1.807, 2.05) is 0 Å². The standard InChI is InChI=1S/C10H16N4OS/c1-4-7(2)13-10(16)14-8-5-9(15-3)12-6-11-8/h5-7H,4H2,1-3H3,(H2,11,12,13,14,16)/t7-/m1/s1. The van der Waals surface area contributed by atoms with Gasteiger partial charge in [0.1, 0.15) is 12.1 Å². The fourth-order valence-electron chi connectivity index (χ4n) is 0.998. The van der Waals surface area contributed by atoms with Crippen LogP contribution in [0.2, 0.25) is 0 Å². The van der Waals surface area contributed by atoms with Gasteiger partial charge >= 0.3 is 0 Å². The fourth-order valence-corrected chi connectivity index (χ4v) is 1.30. The second-order valence-corrected chi connectivity index (χ2v) is 3.76. The summed E-state index contributed by atoms with van der Waals surface area (Å²) in [5, 5.41) is 6.66. The molecule has 1 aromatic rings. The van der Waals surface area contributed by atoms with Gasteiger partial charge in [-0.2, -0.15) is 0 Å². The van der Waals surface area contributed by atoms with Gasteiger partial charge in [0.2, 0.25) is 5.88 Å². The molecule has 0 amide bonds. The highest BCUT2D eigenvalue weighted by atomic mass is 32.1. The number of anilines is 1. The van der Waals surface area contributed by atoms with E-state index in [1.54, 1.807) is 13.2 Å². The van der Waals surface area contributed by atoms with Crippen LogP contribution in [0.5, 0.6) is 5.88 Å². The molecular formula is C10H16N4OS. The third-order valence-corrected chi connectivity index (χ3v) is 2.30. The van der Waals surface area contributed by atoms with Crippen molar-refractivity contribution >= 4 is 23.1 Å². The van der Waals surface area contributed by atoms with Crippen molar-refractivity contribution in [3.8, 4) is 5.88 Å². The van der Waals surface area contributed by atoms with Crippen LogP contribution in [0.4, 0.5) is 5.82 Å². The lowest BCUT2D eigenvalue weighted by Gasteiger charge is -2.14. The summed E-state index contributed by atoms with van der Waals surface area (Å²) in [6.07, 6.45) is 2.43. The smallest absolute Gasteiger partial charge is 0.218 e. The molecule has 0 saturated heterocycles. The van der Waals surface area contributed by atoms with Gasteiger partial charge in [-0.15, -0.1) is 0 Å². The van der Waals surface area contributed by atoms with Gasteiger partial charge in [-0.1, -0.05) is 6.92 Å². The van der Waals surface area contributed by atoms with E-state index in [4.69, 9.17) is 17.0 Å². The lowest BCUT2D eigenvalue weighted by molar-refractivity contribution is 0.397. The maximum atomic E-state index is 5.13. The van der Waals surface area contributed by atoms with E-state index in [0.717, 1.165) is 6.42 Å². The first-order chi connectivity index (χ1) is 7.65. The summed E-state index contributed by atoms with van der Waals surface area (Å²) in [7, 11) is 1.56. The molecular weight excluding hydrogens is 224 g/mol. The van der Waals surface area contributed by atoms with Crippen molar-refractivity contribution in [2.75, 3.05) is 12.4 Å². The zero-order valence-electron chi connectivity index (χ0n) is 9.65. The first-order valence-corrected chi connectivity index (χ1v) is 5.50. The molecule has 0 bridgehead atoms. The Labute approximate surface area is 101 Å². The number of hydrogen-bond donors (Lipinski definition) is 2. The van der Waals surface area contributed by atoms with Crippen LogP contribution < -0.4 is 15.4 Å². The van der Waals surface area contributed by atoms with Crippen LogP contribution in [-0.2, 0) is 0 Å². The average Bonchev–Trinajstić information content (AvgIpc) is 2.28. The van der Waals surface area contributed by atoms with Gasteiger partial charge in [0, 0.05) is 12.1 Å². The first kappa shape index (κ1) is 12.6. The normalized spacial score (nSPS) is 11.7. The molecule has 0 aromatic carbocycles. The molecule has 0 aliphatic rings. The van der Waals surface area contributed by atoms with Crippen molar-refractivity contribution in [2.24, 2.45) is 0 Å². The molecule has 0 aliphatic heterocycles. The van der Waals surface area contributed by atoms with Crippen molar-refractivity contribution in [1.29, 1.82) is 0 Å². The van der Waals surface area contributed by atoms with Gasteiger partial charge < -0.3 is 15.4 Å². The molecule has 0 saturated carbocycles. The minimum atomic E-state index is 0.337. The summed E-state index contributed by atoms with van der Waals surface area (Å²) < 4.78 is 4.98. The van der Waals surface area contributed by atoms with E-state index in [9.17, 15) is 0 Å². The second kappa shape index (κ2) is 6.22. The minimum Gasteiger partial charge on any atom is -0.481 e. The Morgan fingerprint density at radius 1 is 1.56 bits per heavy atom. The van der Waals surface area contributed by atoms with Crippen LogP contribution in [0, 0.1) is 0 Å². The van der Waals surface area contributed by atoms with E-state index >= 15 is 0 Å². The highest BCUT2D eigenvalue weighted by Gasteiger charge is 2.03. The van der Waals surface area contributed by atoms with Crippen molar-refractivity contribution in [3.05, 3.63) is 12.4 Å². The predicted octanol–water partition coefficient (Wildman–Crippen LogP) is 1.57. The fraction of sp³-hybridized carbons (Fsp3) is 0.500. The number of methoxy groups -OCH3 is 1. The van der Waals surface area contributed by atoms with Gasteiger partial charge in [0.05, 0.1) is 7.11 Å². The SMILES string of the molecule is CC[C@@H](C)NC(=S)Nc1cc(OC)ncn1. The quantitative estimate of drug-likeness (QED) is 0.779. The van der Waals surface area contributed by atoms with Gasteiger partial charge in [-0.3, -0.25) is 0 Å². The summed E-state index contributed by atoms with van der Waals surface area (Å²) in [6, 6.07) is 2.02. The molecule has 0 fully saturated rings. The minimum absolute atomic E-state index is 0.337. The Kier molecular flexibility index (Phi) is 4.91. The average molecular weight is 240 g/mol. The zero-order valence-corrected chi connectivity index (χ0v) is 10.5. The van der Waals surface area contributed by atoms with E-state index in [1.165, 1.54) is 6.33 Å². The van der Waals surface area contributed by atoms with E-state index in [2.05, 4.69) is 34.4 Å². The summed E-state index contributed by atoms with van der Waals surface area (Å²) in [5.74, 6) is 1.12. The topological polar surface area (TPSA) is 59.1 Å². The molecule has 0 unspecified atom stereocenters.